The second-order valence-electron chi connectivity index (χ2n) is 4.67. The Kier molecular flexibility index (Phi) is 4.45. The highest BCUT2D eigenvalue weighted by molar-refractivity contribution is 5.90. The molecule has 1 aliphatic rings. The number of carbonyl (C=O) groups is 1. The first-order valence-corrected chi connectivity index (χ1v) is 6.64. The maximum Gasteiger partial charge on any atom is 0.230 e. The van der Waals surface area contributed by atoms with Gasteiger partial charge >= 0.3 is 0 Å². The lowest BCUT2D eigenvalue weighted by molar-refractivity contribution is -0.132. The lowest BCUT2D eigenvalue weighted by Crippen LogP contribution is -2.42. The van der Waals surface area contributed by atoms with Gasteiger partial charge in [0.1, 0.15) is 5.75 Å². The van der Waals surface area contributed by atoms with E-state index in [1.54, 1.807) is 4.90 Å². The van der Waals surface area contributed by atoms with E-state index in [4.69, 9.17) is 15.7 Å². The maximum absolute atomic E-state index is 12.6. The van der Waals surface area contributed by atoms with Gasteiger partial charge in [0.2, 0.25) is 5.91 Å². The van der Waals surface area contributed by atoms with E-state index in [-0.39, 0.29) is 24.2 Å². The van der Waals surface area contributed by atoms with Crippen molar-refractivity contribution >= 4 is 11.7 Å². The highest BCUT2D eigenvalue weighted by Gasteiger charge is 2.30. The topological polar surface area (TPSA) is 88.1 Å². The molecule has 0 aromatic heterocycles. The maximum atomic E-state index is 12.6. The summed E-state index contributed by atoms with van der Waals surface area (Å²) in [7, 11) is 0. The van der Waals surface area contributed by atoms with Crippen LogP contribution in [0.5, 0.6) is 5.75 Å². The molecule has 1 heterocycles. The van der Waals surface area contributed by atoms with Gasteiger partial charge in [-0.1, -0.05) is 23.4 Å². The first-order chi connectivity index (χ1) is 9.67. The molecule has 0 fully saturated rings. The number of benzene rings is 1. The Bertz CT molecular complexity index is 516. The molecule has 108 valence electrons. The van der Waals surface area contributed by atoms with Crippen molar-refractivity contribution in [2.45, 2.75) is 19.3 Å². The standard InChI is InChI=1S/C14H19N3O3/c1-2-17(9-13(15)16-19)14(18)11-7-8-20-12-6-4-3-5-10(11)12/h3-6,11,19H,2,7-9H2,1H3,(H2,15,16). The number of carbonyl (C=O) groups excluding carboxylic acids is 1. The largest absolute Gasteiger partial charge is 0.493 e. The molecule has 6 heteroatoms. The molecular weight excluding hydrogens is 258 g/mol. The average molecular weight is 277 g/mol. The lowest BCUT2D eigenvalue weighted by atomic mass is 9.92. The summed E-state index contributed by atoms with van der Waals surface area (Å²) in [6.07, 6.45) is 0.641. The summed E-state index contributed by atoms with van der Waals surface area (Å²) >= 11 is 0. The van der Waals surface area contributed by atoms with Gasteiger partial charge in [-0.3, -0.25) is 4.79 Å². The van der Waals surface area contributed by atoms with Gasteiger partial charge in [-0.15, -0.1) is 0 Å². The Hall–Kier alpha value is -2.24. The Labute approximate surface area is 117 Å². The van der Waals surface area contributed by atoms with E-state index in [1.807, 2.05) is 31.2 Å². The van der Waals surface area contributed by atoms with Crippen LogP contribution in [-0.4, -0.2) is 41.5 Å². The summed E-state index contributed by atoms with van der Waals surface area (Å²) in [4.78, 5) is 14.2. The summed E-state index contributed by atoms with van der Waals surface area (Å²) in [6.45, 7) is 3.03. The van der Waals surface area contributed by atoms with Gasteiger partial charge < -0.3 is 20.6 Å². The van der Waals surface area contributed by atoms with E-state index in [0.29, 0.717) is 19.6 Å². The third kappa shape index (κ3) is 2.84. The van der Waals surface area contributed by atoms with Gasteiger partial charge in [0.15, 0.2) is 5.84 Å². The van der Waals surface area contributed by atoms with Crippen LogP contribution in [-0.2, 0) is 4.79 Å². The molecule has 1 atom stereocenters. The average Bonchev–Trinajstić information content (AvgIpc) is 2.51. The van der Waals surface area contributed by atoms with Gasteiger partial charge in [-0.25, -0.2) is 0 Å². The zero-order valence-electron chi connectivity index (χ0n) is 11.5. The number of rotatable bonds is 4. The minimum absolute atomic E-state index is 0.0187. The number of hydrogen-bond acceptors (Lipinski definition) is 4. The highest BCUT2D eigenvalue weighted by Crippen LogP contribution is 2.34. The molecule has 1 unspecified atom stereocenters. The van der Waals surface area contributed by atoms with Crippen molar-refractivity contribution in [3.63, 3.8) is 0 Å². The molecule has 0 saturated heterocycles. The van der Waals surface area contributed by atoms with Gasteiger partial charge in [0.25, 0.3) is 0 Å². The number of nitrogens with two attached hydrogens (primary N) is 1. The van der Waals surface area contributed by atoms with E-state index in [9.17, 15) is 4.79 Å². The molecule has 1 aromatic rings. The van der Waals surface area contributed by atoms with E-state index < -0.39 is 0 Å². The predicted octanol–water partition coefficient (Wildman–Crippen LogP) is 1.15. The number of ether oxygens (including phenoxy) is 1. The van der Waals surface area contributed by atoms with Crippen molar-refractivity contribution in [2.24, 2.45) is 10.9 Å². The number of hydrogen-bond donors (Lipinski definition) is 2. The summed E-state index contributed by atoms with van der Waals surface area (Å²) < 4.78 is 5.56. The van der Waals surface area contributed by atoms with Crippen molar-refractivity contribution < 1.29 is 14.7 Å². The van der Waals surface area contributed by atoms with Gasteiger partial charge in [0, 0.05) is 12.1 Å². The summed E-state index contributed by atoms with van der Waals surface area (Å²) in [5.74, 6) is 0.540. The molecule has 0 bridgehead atoms. The zero-order chi connectivity index (χ0) is 14.5. The van der Waals surface area contributed by atoms with Crippen LogP contribution in [0.25, 0.3) is 0 Å². The number of fused-ring (bicyclic) bond motifs is 1. The zero-order valence-corrected chi connectivity index (χ0v) is 11.5. The molecule has 2 rings (SSSR count). The Morgan fingerprint density at radius 2 is 2.30 bits per heavy atom. The molecule has 1 amide bonds. The monoisotopic (exact) mass is 277 g/mol. The number of para-hydroxylation sites is 1. The normalized spacial score (nSPS) is 18.1. The third-order valence-electron chi connectivity index (χ3n) is 3.43. The molecule has 1 aromatic carbocycles. The molecule has 1 aliphatic heterocycles. The fourth-order valence-electron chi connectivity index (χ4n) is 2.39. The molecule has 3 N–H and O–H groups in total. The van der Waals surface area contributed by atoms with Crippen LogP contribution in [0.3, 0.4) is 0 Å². The Balaban J connectivity index is 2.21. The van der Waals surface area contributed by atoms with Crippen molar-refractivity contribution in [3.8, 4) is 5.75 Å². The van der Waals surface area contributed by atoms with Crippen LogP contribution >= 0.6 is 0 Å². The molecule has 6 nitrogen and oxygen atoms in total. The fraction of sp³-hybridized carbons (Fsp3) is 0.429. The molecule has 0 spiro atoms. The van der Waals surface area contributed by atoms with Gasteiger partial charge in [-0.2, -0.15) is 0 Å². The quantitative estimate of drug-likeness (QED) is 0.374. The number of amides is 1. The van der Waals surface area contributed by atoms with Crippen LogP contribution in [0.4, 0.5) is 0 Å². The summed E-state index contributed by atoms with van der Waals surface area (Å²) in [5, 5.41) is 11.6. The van der Waals surface area contributed by atoms with Crippen molar-refractivity contribution in [1.29, 1.82) is 0 Å². The van der Waals surface area contributed by atoms with Crippen LogP contribution in [0, 0.1) is 0 Å². The van der Waals surface area contributed by atoms with Crippen molar-refractivity contribution in [1.82, 2.24) is 4.90 Å². The van der Waals surface area contributed by atoms with Crippen LogP contribution in [0.2, 0.25) is 0 Å². The lowest BCUT2D eigenvalue weighted by Gasteiger charge is -2.30. The molecule has 0 saturated carbocycles. The van der Waals surface area contributed by atoms with Crippen molar-refractivity contribution in [2.75, 3.05) is 19.7 Å². The van der Waals surface area contributed by atoms with E-state index >= 15 is 0 Å². The summed E-state index contributed by atoms with van der Waals surface area (Å²) in [5.41, 5.74) is 6.40. The fourth-order valence-corrected chi connectivity index (χ4v) is 2.39. The Morgan fingerprint density at radius 1 is 1.55 bits per heavy atom. The van der Waals surface area contributed by atoms with E-state index in [0.717, 1.165) is 11.3 Å². The molecule has 0 radical (unpaired) electrons. The second kappa shape index (κ2) is 6.27. The second-order valence-corrected chi connectivity index (χ2v) is 4.67. The van der Waals surface area contributed by atoms with E-state index in [2.05, 4.69) is 5.16 Å². The number of oxime groups is 1. The first-order valence-electron chi connectivity index (χ1n) is 6.64. The molecule has 0 aliphatic carbocycles. The minimum Gasteiger partial charge on any atom is -0.493 e. The smallest absolute Gasteiger partial charge is 0.230 e. The molecule has 20 heavy (non-hydrogen) atoms. The van der Waals surface area contributed by atoms with Gasteiger partial charge in [-0.05, 0) is 19.4 Å². The number of nitrogens with zero attached hydrogens (tertiary/aromatic N) is 2. The van der Waals surface area contributed by atoms with Crippen LogP contribution in [0.1, 0.15) is 24.8 Å². The SMILES string of the molecule is CCN(CC(N)=NO)C(=O)C1CCOc2ccccc21. The van der Waals surface area contributed by atoms with E-state index in [1.165, 1.54) is 0 Å². The highest BCUT2D eigenvalue weighted by atomic mass is 16.5. The minimum atomic E-state index is -0.230. The van der Waals surface area contributed by atoms with Crippen LogP contribution < -0.4 is 10.5 Å². The van der Waals surface area contributed by atoms with Crippen LogP contribution in [0.15, 0.2) is 29.4 Å². The third-order valence-corrected chi connectivity index (χ3v) is 3.43. The number of amidine groups is 1. The first kappa shape index (κ1) is 14.2. The summed E-state index contributed by atoms with van der Waals surface area (Å²) in [6, 6.07) is 7.57. The predicted molar refractivity (Wildman–Crippen MR) is 75.0 cm³/mol. The van der Waals surface area contributed by atoms with Gasteiger partial charge in [0.05, 0.1) is 19.1 Å². The Morgan fingerprint density at radius 3 is 3.00 bits per heavy atom. The van der Waals surface area contributed by atoms with Crippen molar-refractivity contribution in [3.05, 3.63) is 29.8 Å². The molecular formula is C14H19N3O3. The number of likely N-dealkylation sites (N-methyl/N-ethyl adjacent to an activating group) is 1.